The van der Waals surface area contributed by atoms with Gasteiger partial charge in [-0.05, 0) is 63.4 Å². The molecular formula is C25H31ClN2O2. The predicted molar refractivity (Wildman–Crippen MR) is 122 cm³/mol. The van der Waals surface area contributed by atoms with Gasteiger partial charge >= 0.3 is 5.97 Å². The molecule has 0 saturated carbocycles. The van der Waals surface area contributed by atoms with Crippen LogP contribution in [0.1, 0.15) is 43.7 Å². The summed E-state index contributed by atoms with van der Waals surface area (Å²) in [6.07, 6.45) is 3.43. The van der Waals surface area contributed by atoms with Crippen LogP contribution >= 0.6 is 12.4 Å². The molecule has 1 saturated heterocycles. The van der Waals surface area contributed by atoms with Crippen molar-refractivity contribution < 1.29 is 9.53 Å². The van der Waals surface area contributed by atoms with Crippen molar-refractivity contribution in [2.45, 2.75) is 38.0 Å². The van der Waals surface area contributed by atoms with Gasteiger partial charge in [-0.2, -0.15) is 5.26 Å². The SMILES string of the molecule is CCOC(=O)C1CCN(CCCC(C#N)(c2ccccc2)c2ccccc2)CC1.Cl. The van der Waals surface area contributed by atoms with Gasteiger partial charge in [0.15, 0.2) is 0 Å². The van der Waals surface area contributed by atoms with Crippen molar-refractivity contribution in [1.29, 1.82) is 5.26 Å². The van der Waals surface area contributed by atoms with Crippen LogP contribution in [0.25, 0.3) is 0 Å². The number of carbonyl (C=O) groups excluding carboxylic acids is 1. The lowest BCUT2D eigenvalue weighted by Crippen LogP contribution is -2.38. The zero-order chi connectivity index (χ0) is 20.5. The van der Waals surface area contributed by atoms with Crippen molar-refractivity contribution >= 4 is 18.4 Å². The Hall–Kier alpha value is -2.35. The Kier molecular flexibility index (Phi) is 9.36. The molecule has 1 heterocycles. The number of hydrogen-bond acceptors (Lipinski definition) is 4. The normalized spacial score (nSPS) is 15.1. The monoisotopic (exact) mass is 426 g/mol. The third kappa shape index (κ3) is 5.62. The molecule has 160 valence electrons. The lowest BCUT2D eigenvalue weighted by molar-refractivity contribution is -0.149. The summed E-state index contributed by atoms with van der Waals surface area (Å²) in [5.41, 5.74) is 1.47. The molecule has 0 N–H and O–H groups in total. The molecule has 30 heavy (non-hydrogen) atoms. The van der Waals surface area contributed by atoms with Gasteiger partial charge in [-0.25, -0.2) is 0 Å². The van der Waals surface area contributed by atoms with Gasteiger partial charge in [0.2, 0.25) is 0 Å². The van der Waals surface area contributed by atoms with Crippen molar-refractivity contribution in [3.8, 4) is 6.07 Å². The Labute approximate surface area is 186 Å². The molecule has 4 nitrogen and oxygen atoms in total. The number of likely N-dealkylation sites (tertiary alicyclic amines) is 1. The van der Waals surface area contributed by atoms with Gasteiger partial charge in [-0.15, -0.1) is 12.4 Å². The molecule has 0 spiro atoms. The van der Waals surface area contributed by atoms with E-state index in [0.717, 1.165) is 56.4 Å². The highest BCUT2D eigenvalue weighted by Crippen LogP contribution is 2.36. The molecule has 1 fully saturated rings. The quantitative estimate of drug-likeness (QED) is 0.559. The number of esters is 1. The van der Waals surface area contributed by atoms with E-state index in [2.05, 4.69) is 35.2 Å². The maximum atomic E-state index is 11.9. The second-order valence-corrected chi connectivity index (χ2v) is 7.72. The van der Waals surface area contributed by atoms with Crippen molar-refractivity contribution in [1.82, 2.24) is 4.90 Å². The number of nitrogens with zero attached hydrogens (tertiary/aromatic N) is 2. The number of hydrogen-bond donors (Lipinski definition) is 0. The van der Waals surface area contributed by atoms with Crippen LogP contribution in [0, 0.1) is 17.2 Å². The summed E-state index contributed by atoms with van der Waals surface area (Å²) in [5, 5.41) is 10.3. The smallest absolute Gasteiger partial charge is 0.309 e. The Morgan fingerprint density at radius 1 is 1.07 bits per heavy atom. The molecule has 2 aromatic rings. The Bertz CT molecular complexity index is 773. The van der Waals surface area contributed by atoms with Crippen molar-refractivity contribution in [2.24, 2.45) is 5.92 Å². The maximum absolute atomic E-state index is 11.9. The minimum atomic E-state index is -0.633. The first-order chi connectivity index (χ1) is 14.2. The first-order valence-corrected chi connectivity index (χ1v) is 10.6. The average Bonchev–Trinajstić information content (AvgIpc) is 2.79. The van der Waals surface area contributed by atoms with Gasteiger partial charge in [-0.1, -0.05) is 60.7 Å². The largest absolute Gasteiger partial charge is 0.466 e. The van der Waals surface area contributed by atoms with E-state index in [1.54, 1.807) is 0 Å². The fourth-order valence-electron chi connectivity index (χ4n) is 4.31. The summed E-state index contributed by atoms with van der Waals surface area (Å²) in [6, 6.07) is 22.9. The van der Waals surface area contributed by atoms with Gasteiger partial charge in [0.25, 0.3) is 0 Å². The molecule has 5 heteroatoms. The van der Waals surface area contributed by atoms with E-state index in [1.807, 2.05) is 43.3 Å². The van der Waals surface area contributed by atoms with Gasteiger partial charge in [-0.3, -0.25) is 4.79 Å². The molecular weight excluding hydrogens is 396 g/mol. The van der Waals surface area contributed by atoms with Crippen molar-refractivity contribution in [3.05, 3.63) is 71.8 Å². The van der Waals surface area contributed by atoms with E-state index in [-0.39, 0.29) is 24.3 Å². The van der Waals surface area contributed by atoms with Crippen LogP contribution in [0.4, 0.5) is 0 Å². The van der Waals surface area contributed by atoms with E-state index >= 15 is 0 Å². The van der Waals surface area contributed by atoms with Crippen LogP contribution in [-0.2, 0) is 14.9 Å². The van der Waals surface area contributed by atoms with Gasteiger partial charge in [0, 0.05) is 0 Å². The third-order valence-electron chi connectivity index (χ3n) is 5.96. The fraction of sp³-hybridized carbons (Fsp3) is 0.440. The van der Waals surface area contributed by atoms with Crippen LogP contribution in [0.15, 0.2) is 60.7 Å². The van der Waals surface area contributed by atoms with Gasteiger partial charge in [0.05, 0.1) is 18.6 Å². The van der Waals surface area contributed by atoms with Crippen LogP contribution < -0.4 is 0 Å². The fourth-order valence-corrected chi connectivity index (χ4v) is 4.31. The summed E-state index contributed by atoms with van der Waals surface area (Å²) < 4.78 is 5.16. The molecule has 0 atom stereocenters. The Balaban J connectivity index is 0.00000320. The molecule has 0 bridgehead atoms. The number of ether oxygens (including phenoxy) is 1. The summed E-state index contributed by atoms with van der Waals surface area (Å²) in [4.78, 5) is 14.3. The first kappa shape index (κ1) is 23.9. The summed E-state index contributed by atoms with van der Waals surface area (Å²) in [7, 11) is 0. The number of rotatable bonds is 8. The van der Waals surface area contributed by atoms with Crippen molar-refractivity contribution in [3.63, 3.8) is 0 Å². The van der Waals surface area contributed by atoms with Crippen LogP contribution in [0.5, 0.6) is 0 Å². The van der Waals surface area contributed by atoms with Crippen molar-refractivity contribution in [2.75, 3.05) is 26.2 Å². The average molecular weight is 427 g/mol. The van der Waals surface area contributed by atoms with Crippen LogP contribution in [0.2, 0.25) is 0 Å². The number of nitriles is 1. The first-order valence-electron chi connectivity index (χ1n) is 10.6. The molecule has 0 amide bonds. The highest BCUT2D eigenvalue weighted by Gasteiger charge is 2.34. The topological polar surface area (TPSA) is 53.3 Å². The zero-order valence-electron chi connectivity index (χ0n) is 17.6. The van der Waals surface area contributed by atoms with E-state index in [9.17, 15) is 10.1 Å². The minimum absolute atomic E-state index is 0. The van der Waals surface area contributed by atoms with E-state index < -0.39 is 5.41 Å². The van der Waals surface area contributed by atoms with E-state index in [1.165, 1.54) is 0 Å². The lowest BCUT2D eigenvalue weighted by Gasteiger charge is -2.32. The van der Waals surface area contributed by atoms with Gasteiger partial charge < -0.3 is 9.64 Å². The number of halogens is 1. The summed E-state index contributed by atoms with van der Waals surface area (Å²) >= 11 is 0. The Morgan fingerprint density at radius 3 is 2.07 bits per heavy atom. The number of benzene rings is 2. The second-order valence-electron chi connectivity index (χ2n) is 7.72. The molecule has 0 radical (unpaired) electrons. The highest BCUT2D eigenvalue weighted by molar-refractivity contribution is 5.85. The van der Waals surface area contributed by atoms with Crippen LogP contribution in [0.3, 0.4) is 0 Å². The number of carbonyl (C=O) groups is 1. The molecule has 2 aromatic carbocycles. The third-order valence-corrected chi connectivity index (χ3v) is 5.96. The predicted octanol–water partition coefficient (Wildman–Crippen LogP) is 4.97. The second kappa shape index (κ2) is 11.7. The summed E-state index contributed by atoms with van der Waals surface area (Å²) in [5.74, 6) is -0.0122. The van der Waals surface area contributed by atoms with E-state index in [4.69, 9.17) is 4.74 Å². The highest BCUT2D eigenvalue weighted by atomic mass is 35.5. The molecule has 3 rings (SSSR count). The summed E-state index contributed by atoms with van der Waals surface area (Å²) in [6.45, 7) is 5.08. The lowest BCUT2D eigenvalue weighted by atomic mass is 9.72. The minimum Gasteiger partial charge on any atom is -0.466 e. The molecule has 0 unspecified atom stereocenters. The molecule has 1 aliphatic rings. The molecule has 1 aliphatic heterocycles. The molecule has 0 aromatic heterocycles. The zero-order valence-corrected chi connectivity index (χ0v) is 18.4. The maximum Gasteiger partial charge on any atom is 0.309 e. The Morgan fingerprint density at radius 2 is 1.60 bits per heavy atom. The van der Waals surface area contributed by atoms with Crippen LogP contribution in [-0.4, -0.2) is 37.1 Å². The standard InChI is InChI=1S/C25H30N2O2.ClH/c1-2-29-24(28)21-14-18-27(19-15-21)17-9-16-25(20-26,22-10-5-3-6-11-22)23-12-7-4-8-13-23;/h3-8,10-13,21H,2,9,14-19H2,1H3;1H. The number of piperidine rings is 1. The van der Waals surface area contributed by atoms with E-state index in [0.29, 0.717) is 6.61 Å². The van der Waals surface area contributed by atoms with Gasteiger partial charge in [0.1, 0.15) is 5.41 Å². The molecule has 0 aliphatic carbocycles.